The van der Waals surface area contributed by atoms with Crippen LogP contribution in [0.25, 0.3) is 10.9 Å². The van der Waals surface area contributed by atoms with E-state index in [-0.39, 0.29) is 5.91 Å². The summed E-state index contributed by atoms with van der Waals surface area (Å²) >= 11 is 0. The van der Waals surface area contributed by atoms with Crippen LogP contribution in [0.3, 0.4) is 0 Å². The molecule has 3 aromatic rings. The van der Waals surface area contributed by atoms with E-state index in [1.54, 1.807) is 13.2 Å². The van der Waals surface area contributed by atoms with Gasteiger partial charge in [-0.2, -0.15) is 5.10 Å². The molecule has 1 aromatic carbocycles. The van der Waals surface area contributed by atoms with Crippen LogP contribution >= 0.6 is 0 Å². The molecule has 3 rings (SSSR count). The molecule has 0 saturated carbocycles. The Morgan fingerprint density at radius 1 is 1.33 bits per heavy atom. The number of nitrogens with zero attached hydrogens (tertiary/aromatic N) is 3. The number of para-hydroxylation sites is 1. The predicted molar refractivity (Wildman–Crippen MR) is 80.5 cm³/mol. The highest BCUT2D eigenvalue weighted by atomic mass is 16.2. The van der Waals surface area contributed by atoms with E-state index in [2.05, 4.69) is 15.4 Å². The van der Waals surface area contributed by atoms with E-state index in [1.807, 2.05) is 30.3 Å². The maximum absolute atomic E-state index is 12.2. The van der Waals surface area contributed by atoms with Gasteiger partial charge < -0.3 is 11.1 Å². The standard InChI is InChI=1S/C15H15N5O/c1-20-14(12(16)9-19-20)15(21)18-8-11-5-2-4-10-6-3-7-17-13(10)11/h2-7,9H,8,16H2,1H3,(H,18,21). The number of carbonyl (C=O) groups excluding carboxylic acids is 1. The van der Waals surface area contributed by atoms with E-state index >= 15 is 0 Å². The van der Waals surface area contributed by atoms with Gasteiger partial charge in [-0.05, 0) is 11.6 Å². The zero-order valence-electron chi connectivity index (χ0n) is 11.6. The lowest BCUT2D eigenvalue weighted by molar-refractivity contribution is 0.0942. The second-order valence-electron chi connectivity index (χ2n) is 4.75. The maximum atomic E-state index is 12.2. The number of nitrogens with one attached hydrogen (secondary N) is 1. The Morgan fingerprint density at radius 3 is 2.90 bits per heavy atom. The topological polar surface area (TPSA) is 85.8 Å². The largest absolute Gasteiger partial charge is 0.396 e. The van der Waals surface area contributed by atoms with E-state index in [0.717, 1.165) is 16.5 Å². The fourth-order valence-electron chi connectivity index (χ4n) is 2.30. The van der Waals surface area contributed by atoms with Crippen molar-refractivity contribution in [2.75, 3.05) is 5.73 Å². The minimum atomic E-state index is -0.250. The van der Waals surface area contributed by atoms with E-state index in [1.165, 1.54) is 10.9 Å². The fourth-order valence-corrected chi connectivity index (χ4v) is 2.30. The Morgan fingerprint density at radius 2 is 2.14 bits per heavy atom. The van der Waals surface area contributed by atoms with Crippen LogP contribution in [0.1, 0.15) is 16.1 Å². The van der Waals surface area contributed by atoms with Gasteiger partial charge in [0.1, 0.15) is 5.69 Å². The number of hydrogen-bond acceptors (Lipinski definition) is 4. The smallest absolute Gasteiger partial charge is 0.271 e. The van der Waals surface area contributed by atoms with Crippen LogP contribution < -0.4 is 11.1 Å². The first kappa shape index (κ1) is 13.1. The summed E-state index contributed by atoms with van der Waals surface area (Å²) in [6.45, 7) is 0.387. The van der Waals surface area contributed by atoms with Gasteiger partial charge in [0, 0.05) is 25.2 Å². The van der Waals surface area contributed by atoms with Crippen molar-refractivity contribution in [3.05, 3.63) is 54.0 Å². The van der Waals surface area contributed by atoms with Gasteiger partial charge >= 0.3 is 0 Å². The van der Waals surface area contributed by atoms with Crippen LogP contribution in [0.2, 0.25) is 0 Å². The van der Waals surface area contributed by atoms with Crippen molar-refractivity contribution in [1.82, 2.24) is 20.1 Å². The molecule has 0 atom stereocenters. The third-order valence-electron chi connectivity index (χ3n) is 3.34. The molecule has 3 N–H and O–H groups in total. The second kappa shape index (κ2) is 5.24. The third kappa shape index (κ3) is 2.43. The molecular weight excluding hydrogens is 266 g/mol. The molecule has 0 aliphatic carbocycles. The van der Waals surface area contributed by atoms with Crippen molar-refractivity contribution in [1.29, 1.82) is 0 Å². The summed E-state index contributed by atoms with van der Waals surface area (Å²) < 4.78 is 1.46. The molecule has 0 saturated heterocycles. The molecule has 0 aliphatic rings. The number of rotatable bonds is 3. The minimum Gasteiger partial charge on any atom is -0.396 e. The normalized spacial score (nSPS) is 10.7. The molecule has 0 spiro atoms. The van der Waals surface area contributed by atoms with Crippen molar-refractivity contribution in [2.24, 2.45) is 7.05 Å². The maximum Gasteiger partial charge on any atom is 0.271 e. The first-order valence-electron chi connectivity index (χ1n) is 6.55. The number of nitrogen functional groups attached to an aromatic ring is 1. The van der Waals surface area contributed by atoms with Crippen LogP contribution in [0.5, 0.6) is 0 Å². The molecule has 6 heteroatoms. The Hall–Kier alpha value is -2.89. The average Bonchev–Trinajstić information content (AvgIpc) is 2.84. The molecule has 6 nitrogen and oxygen atoms in total. The zero-order valence-corrected chi connectivity index (χ0v) is 11.6. The highest BCUT2D eigenvalue weighted by Gasteiger charge is 2.14. The Kier molecular flexibility index (Phi) is 3.27. The number of benzene rings is 1. The summed E-state index contributed by atoms with van der Waals surface area (Å²) in [5.74, 6) is -0.250. The minimum absolute atomic E-state index is 0.250. The van der Waals surface area contributed by atoms with Crippen LogP contribution in [-0.4, -0.2) is 20.7 Å². The van der Waals surface area contributed by atoms with Gasteiger partial charge in [0.25, 0.3) is 5.91 Å². The number of nitrogens with two attached hydrogens (primary N) is 1. The lowest BCUT2D eigenvalue weighted by atomic mass is 10.1. The monoisotopic (exact) mass is 281 g/mol. The van der Waals surface area contributed by atoms with E-state index < -0.39 is 0 Å². The summed E-state index contributed by atoms with van der Waals surface area (Å²) in [6, 6.07) is 9.77. The quantitative estimate of drug-likeness (QED) is 0.761. The van der Waals surface area contributed by atoms with Crippen molar-refractivity contribution >= 4 is 22.5 Å². The lowest BCUT2D eigenvalue weighted by Crippen LogP contribution is -2.26. The summed E-state index contributed by atoms with van der Waals surface area (Å²) in [4.78, 5) is 16.5. The van der Waals surface area contributed by atoms with Crippen molar-refractivity contribution in [3.8, 4) is 0 Å². The summed E-state index contributed by atoms with van der Waals surface area (Å²) in [7, 11) is 1.69. The van der Waals surface area contributed by atoms with Gasteiger partial charge in [0.2, 0.25) is 0 Å². The molecule has 0 fully saturated rings. The molecule has 21 heavy (non-hydrogen) atoms. The molecule has 106 valence electrons. The number of amides is 1. The van der Waals surface area contributed by atoms with Crippen molar-refractivity contribution < 1.29 is 4.79 Å². The van der Waals surface area contributed by atoms with E-state index in [9.17, 15) is 4.79 Å². The molecule has 2 aromatic heterocycles. The molecule has 0 radical (unpaired) electrons. The molecule has 1 amide bonds. The molecule has 0 aliphatic heterocycles. The van der Waals surface area contributed by atoms with Crippen molar-refractivity contribution in [2.45, 2.75) is 6.54 Å². The summed E-state index contributed by atoms with van der Waals surface area (Å²) in [6.07, 6.45) is 3.21. The SMILES string of the molecule is Cn1ncc(N)c1C(=O)NCc1cccc2cccnc12. The van der Waals surface area contributed by atoms with Crippen LogP contribution in [0.15, 0.2) is 42.7 Å². The molecule has 2 heterocycles. The van der Waals surface area contributed by atoms with Crippen LogP contribution in [0, 0.1) is 0 Å². The highest BCUT2D eigenvalue weighted by Crippen LogP contribution is 2.16. The number of aromatic nitrogens is 3. The number of carbonyl (C=O) groups is 1. The number of hydrogen-bond donors (Lipinski definition) is 2. The second-order valence-corrected chi connectivity index (χ2v) is 4.75. The van der Waals surface area contributed by atoms with Gasteiger partial charge in [-0.15, -0.1) is 0 Å². The zero-order chi connectivity index (χ0) is 14.8. The Labute approximate surface area is 121 Å². The Balaban J connectivity index is 1.83. The van der Waals surface area contributed by atoms with Gasteiger partial charge in [0.05, 0.1) is 17.4 Å². The van der Waals surface area contributed by atoms with Gasteiger partial charge in [0.15, 0.2) is 0 Å². The summed E-state index contributed by atoms with van der Waals surface area (Å²) in [5, 5.41) is 7.86. The van der Waals surface area contributed by atoms with Gasteiger partial charge in [-0.3, -0.25) is 14.5 Å². The van der Waals surface area contributed by atoms with Gasteiger partial charge in [-0.25, -0.2) is 0 Å². The fraction of sp³-hybridized carbons (Fsp3) is 0.133. The van der Waals surface area contributed by atoms with E-state index in [0.29, 0.717) is 17.9 Å². The molecule has 0 bridgehead atoms. The van der Waals surface area contributed by atoms with Crippen LogP contribution in [-0.2, 0) is 13.6 Å². The number of anilines is 1. The molecular formula is C15H15N5O. The molecule has 0 unspecified atom stereocenters. The average molecular weight is 281 g/mol. The Bertz CT molecular complexity index is 784. The highest BCUT2D eigenvalue weighted by molar-refractivity contribution is 5.97. The van der Waals surface area contributed by atoms with Crippen molar-refractivity contribution in [3.63, 3.8) is 0 Å². The number of pyridine rings is 1. The number of fused-ring (bicyclic) bond motifs is 1. The predicted octanol–water partition coefficient (Wildman–Crippen LogP) is 1.48. The first-order valence-corrected chi connectivity index (χ1v) is 6.55. The third-order valence-corrected chi connectivity index (χ3v) is 3.34. The van der Waals surface area contributed by atoms with Crippen LogP contribution in [0.4, 0.5) is 5.69 Å². The van der Waals surface area contributed by atoms with E-state index in [4.69, 9.17) is 5.73 Å². The first-order chi connectivity index (χ1) is 10.2. The van der Waals surface area contributed by atoms with Gasteiger partial charge in [-0.1, -0.05) is 24.3 Å². The lowest BCUT2D eigenvalue weighted by Gasteiger charge is -2.08. The summed E-state index contributed by atoms with van der Waals surface area (Å²) in [5.41, 5.74) is 8.32. The number of aryl methyl sites for hydroxylation is 1.